The number of hydrogen-bond donors (Lipinski definition) is 2. The molecule has 44 heavy (non-hydrogen) atoms. The number of halogens is 1. The largest absolute Gasteiger partial charge is 0.369 e. The van der Waals surface area contributed by atoms with Gasteiger partial charge in [-0.25, -0.2) is 4.39 Å². The van der Waals surface area contributed by atoms with Gasteiger partial charge in [0.05, 0.1) is 23.9 Å². The van der Waals surface area contributed by atoms with Gasteiger partial charge in [0.1, 0.15) is 12.1 Å². The van der Waals surface area contributed by atoms with Crippen molar-refractivity contribution >= 4 is 33.8 Å². The molecule has 0 saturated carbocycles. The van der Waals surface area contributed by atoms with Crippen LogP contribution in [0, 0.1) is 12.7 Å². The summed E-state index contributed by atoms with van der Waals surface area (Å²) in [6, 6.07) is 20.8. The van der Waals surface area contributed by atoms with E-state index < -0.39 is 0 Å². The number of rotatable bonds is 6. The molecule has 4 heterocycles. The number of aromatic amines is 2. The standard InChI is InChI=1S/C35H37FN6O2/c1-22-17-25(18-26-20-37-39-33(22)26)32-29(30-19-24-5-3-4-6-31(24)38-34(30)44)11-12-42(23(2)21-43)35(32)41-15-13-40(14-16-41)28-9-7-27(36)8-10-28/h3-10,17-21,23,29,32,35H,11-16H2,1-2H3,(H,37,39)(H,38,44)/t23-,29?,32?,35?/m1/s1. The number of aromatic nitrogens is 3. The molecule has 3 unspecified atom stereocenters. The van der Waals surface area contributed by atoms with Crippen LogP contribution >= 0.6 is 0 Å². The minimum Gasteiger partial charge on any atom is -0.369 e. The Bertz CT molecular complexity index is 1860. The summed E-state index contributed by atoms with van der Waals surface area (Å²) in [5.41, 5.74) is 5.81. The van der Waals surface area contributed by atoms with Gasteiger partial charge in [-0.05, 0) is 79.2 Å². The first-order valence-corrected chi connectivity index (χ1v) is 15.4. The molecule has 3 aromatic carbocycles. The maximum Gasteiger partial charge on any atom is 0.251 e. The molecule has 2 aromatic heterocycles. The van der Waals surface area contributed by atoms with E-state index >= 15 is 0 Å². The van der Waals surface area contributed by atoms with Crippen molar-refractivity contribution in [2.24, 2.45) is 0 Å². The number of hydrogen-bond acceptors (Lipinski definition) is 6. The SMILES string of the molecule is Cc1cc(C2C(c3cc4ccccc4[nH]c3=O)CCN([C@H](C)C=O)C2N2CCN(c3ccc(F)cc3)CC2)cc2cn[nH]c12. The molecule has 0 spiro atoms. The average Bonchev–Trinajstić information content (AvgIpc) is 3.53. The number of likely N-dealkylation sites (tertiary alicyclic amines) is 1. The lowest BCUT2D eigenvalue weighted by Gasteiger charge is -2.53. The van der Waals surface area contributed by atoms with Crippen molar-refractivity contribution < 1.29 is 9.18 Å². The topological polar surface area (TPSA) is 88.3 Å². The summed E-state index contributed by atoms with van der Waals surface area (Å²) in [5.74, 6) is -0.387. The molecule has 2 saturated heterocycles. The van der Waals surface area contributed by atoms with E-state index in [0.717, 1.165) is 83.1 Å². The molecule has 0 radical (unpaired) electrons. The number of aryl methyl sites for hydroxylation is 1. The first-order chi connectivity index (χ1) is 21.4. The van der Waals surface area contributed by atoms with Crippen molar-refractivity contribution in [3.05, 3.63) is 106 Å². The van der Waals surface area contributed by atoms with Gasteiger partial charge in [0.15, 0.2) is 0 Å². The number of piperidine rings is 1. The molecule has 0 amide bonds. The van der Waals surface area contributed by atoms with Gasteiger partial charge in [0, 0.05) is 66.7 Å². The molecule has 226 valence electrons. The maximum atomic E-state index is 13.7. The lowest BCUT2D eigenvalue weighted by Crippen LogP contribution is -2.63. The van der Waals surface area contributed by atoms with Crippen LogP contribution in [-0.4, -0.2) is 76.2 Å². The van der Waals surface area contributed by atoms with E-state index in [9.17, 15) is 14.0 Å². The number of H-pyrrole nitrogens is 2. The van der Waals surface area contributed by atoms with Gasteiger partial charge in [0.25, 0.3) is 5.56 Å². The smallest absolute Gasteiger partial charge is 0.251 e. The summed E-state index contributed by atoms with van der Waals surface area (Å²) < 4.78 is 13.6. The van der Waals surface area contributed by atoms with E-state index in [0.29, 0.717) is 6.54 Å². The van der Waals surface area contributed by atoms with Crippen molar-refractivity contribution in [2.75, 3.05) is 37.6 Å². The van der Waals surface area contributed by atoms with E-state index in [1.54, 1.807) is 0 Å². The Morgan fingerprint density at radius 1 is 0.977 bits per heavy atom. The van der Waals surface area contributed by atoms with E-state index in [1.165, 1.54) is 12.1 Å². The van der Waals surface area contributed by atoms with Gasteiger partial charge in [-0.1, -0.05) is 24.3 Å². The van der Waals surface area contributed by atoms with E-state index in [2.05, 4.69) is 55.0 Å². The number of pyridine rings is 1. The van der Waals surface area contributed by atoms with Crippen LogP contribution in [0.3, 0.4) is 0 Å². The van der Waals surface area contributed by atoms with E-state index in [-0.39, 0.29) is 35.4 Å². The summed E-state index contributed by atoms with van der Waals surface area (Å²) in [4.78, 5) is 36.3. The first kappa shape index (κ1) is 28.4. The van der Waals surface area contributed by atoms with Crippen molar-refractivity contribution in [2.45, 2.75) is 44.3 Å². The Kier molecular flexibility index (Phi) is 7.52. The van der Waals surface area contributed by atoms with Gasteiger partial charge >= 0.3 is 0 Å². The quantitative estimate of drug-likeness (QED) is 0.265. The lowest BCUT2D eigenvalue weighted by molar-refractivity contribution is -0.117. The number of para-hydroxylation sites is 1. The Morgan fingerprint density at radius 3 is 2.52 bits per heavy atom. The van der Waals surface area contributed by atoms with Crippen molar-refractivity contribution in [1.29, 1.82) is 0 Å². The predicted octanol–water partition coefficient (Wildman–Crippen LogP) is 5.16. The number of piperazine rings is 1. The summed E-state index contributed by atoms with van der Waals surface area (Å²) in [6.07, 6.45) is 3.53. The monoisotopic (exact) mass is 592 g/mol. The Hall–Kier alpha value is -4.34. The molecule has 5 aromatic rings. The third kappa shape index (κ3) is 5.10. The fraction of sp³-hybridized carbons (Fsp3) is 0.343. The zero-order valence-electron chi connectivity index (χ0n) is 25.0. The Morgan fingerprint density at radius 2 is 1.75 bits per heavy atom. The van der Waals surface area contributed by atoms with Gasteiger partial charge in [-0.3, -0.25) is 19.7 Å². The molecule has 2 N–H and O–H groups in total. The minimum absolute atomic E-state index is 0.0587. The molecule has 8 nitrogen and oxygen atoms in total. The number of aldehydes is 1. The van der Waals surface area contributed by atoms with Gasteiger partial charge in [0.2, 0.25) is 0 Å². The fourth-order valence-electron chi connectivity index (χ4n) is 7.52. The molecular formula is C35H37FN6O2. The summed E-state index contributed by atoms with van der Waals surface area (Å²) in [6.45, 7) is 7.86. The highest BCUT2D eigenvalue weighted by molar-refractivity contribution is 5.82. The zero-order chi connectivity index (χ0) is 30.4. The molecular weight excluding hydrogens is 555 g/mol. The van der Waals surface area contributed by atoms with Gasteiger partial charge < -0.3 is 14.7 Å². The lowest BCUT2D eigenvalue weighted by atomic mass is 9.73. The van der Waals surface area contributed by atoms with Crippen molar-refractivity contribution in [3.63, 3.8) is 0 Å². The Balaban J connectivity index is 1.33. The number of carbonyl (C=O) groups is 1. The van der Waals surface area contributed by atoms with Crippen molar-refractivity contribution in [1.82, 2.24) is 25.0 Å². The Labute approximate surface area is 255 Å². The summed E-state index contributed by atoms with van der Waals surface area (Å²) in [5, 5.41) is 9.47. The molecule has 2 fully saturated rings. The minimum atomic E-state index is -0.285. The van der Waals surface area contributed by atoms with E-state index in [4.69, 9.17) is 0 Å². The normalized spacial score (nSPS) is 22.4. The third-order valence-electron chi connectivity index (χ3n) is 9.73. The summed E-state index contributed by atoms with van der Waals surface area (Å²) >= 11 is 0. The molecule has 2 aliphatic rings. The van der Waals surface area contributed by atoms with Crippen LogP contribution in [0.4, 0.5) is 10.1 Å². The molecule has 4 atom stereocenters. The second kappa shape index (κ2) is 11.6. The second-order valence-corrected chi connectivity index (χ2v) is 12.3. The number of carbonyl (C=O) groups excluding carboxylic acids is 1. The van der Waals surface area contributed by atoms with Crippen LogP contribution in [0.15, 0.2) is 77.7 Å². The highest BCUT2D eigenvalue weighted by Gasteiger charge is 2.45. The average molecular weight is 593 g/mol. The van der Waals surface area contributed by atoms with Crippen LogP contribution in [0.25, 0.3) is 21.8 Å². The van der Waals surface area contributed by atoms with Gasteiger partial charge in [-0.15, -0.1) is 0 Å². The number of benzene rings is 3. The molecule has 0 aliphatic carbocycles. The van der Waals surface area contributed by atoms with Crippen LogP contribution in [0.1, 0.15) is 41.9 Å². The molecule has 7 rings (SSSR count). The fourth-order valence-corrected chi connectivity index (χ4v) is 7.52. The third-order valence-corrected chi connectivity index (χ3v) is 9.73. The zero-order valence-corrected chi connectivity index (χ0v) is 25.0. The predicted molar refractivity (Wildman–Crippen MR) is 172 cm³/mol. The van der Waals surface area contributed by atoms with Crippen LogP contribution < -0.4 is 10.5 Å². The highest BCUT2D eigenvalue weighted by atomic mass is 19.1. The van der Waals surface area contributed by atoms with Crippen molar-refractivity contribution in [3.8, 4) is 0 Å². The number of nitrogens with zero attached hydrogens (tertiary/aromatic N) is 4. The summed E-state index contributed by atoms with van der Waals surface area (Å²) in [7, 11) is 0. The number of fused-ring (bicyclic) bond motifs is 2. The first-order valence-electron chi connectivity index (χ1n) is 15.4. The molecule has 9 heteroatoms. The highest BCUT2D eigenvalue weighted by Crippen LogP contribution is 2.46. The van der Waals surface area contributed by atoms with E-state index in [1.807, 2.05) is 49.5 Å². The molecule has 0 bridgehead atoms. The van der Waals surface area contributed by atoms with Gasteiger partial charge in [-0.2, -0.15) is 5.10 Å². The maximum absolute atomic E-state index is 13.7. The molecule has 2 aliphatic heterocycles. The number of anilines is 1. The number of nitrogens with one attached hydrogen (secondary N) is 2. The van der Waals surface area contributed by atoms with Crippen LogP contribution in [-0.2, 0) is 4.79 Å². The van der Waals surface area contributed by atoms with Crippen LogP contribution in [0.2, 0.25) is 0 Å². The second-order valence-electron chi connectivity index (χ2n) is 12.3. The van der Waals surface area contributed by atoms with Crippen LogP contribution in [0.5, 0.6) is 0 Å².